The summed E-state index contributed by atoms with van der Waals surface area (Å²) < 4.78 is 6.10. The third-order valence-electron chi connectivity index (χ3n) is 3.85. The Kier molecular flexibility index (Phi) is 3.51. The number of benzene rings is 1. The maximum Gasteiger partial charge on any atom is 0.252 e. The number of likely N-dealkylation sites (tertiary alicyclic amines) is 1. The Labute approximate surface area is 123 Å². The van der Waals surface area contributed by atoms with E-state index in [1.165, 1.54) is 0 Å². The van der Waals surface area contributed by atoms with Crippen LogP contribution in [0.3, 0.4) is 0 Å². The minimum Gasteiger partial charge on any atom is -0.486 e. The smallest absolute Gasteiger partial charge is 0.252 e. The van der Waals surface area contributed by atoms with E-state index < -0.39 is 5.91 Å². The van der Waals surface area contributed by atoms with Gasteiger partial charge in [-0.1, -0.05) is 12.1 Å². The molecule has 5 nitrogen and oxygen atoms in total. The lowest BCUT2D eigenvalue weighted by Gasteiger charge is -2.17. The minimum atomic E-state index is -0.485. The second-order valence-electron chi connectivity index (χ2n) is 5.62. The highest BCUT2D eigenvalue weighted by atomic mass is 16.5. The van der Waals surface area contributed by atoms with Crippen molar-refractivity contribution in [3.05, 3.63) is 35.5 Å². The number of hydrogen-bond donors (Lipinski definition) is 1. The second kappa shape index (κ2) is 5.33. The number of nitrogens with zero attached hydrogens (tertiary/aromatic N) is 2. The molecule has 2 aromatic rings. The van der Waals surface area contributed by atoms with Crippen molar-refractivity contribution in [1.82, 2.24) is 9.88 Å². The highest BCUT2D eigenvalue weighted by Crippen LogP contribution is 2.30. The van der Waals surface area contributed by atoms with Crippen LogP contribution < -0.4 is 10.5 Å². The topological polar surface area (TPSA) is 68.5 Å². The van der Waals surface area contributed by atoms with Crippen molar-refractivity contribution in [2.75, 3.05) is 20.1 Å². The molecule has 2 N–H and O–H groups in total. The quantitative estimate of drug-likeness (QED) is 0.932. The number of amides is 1. The predicted octanol–water partition coefficient (Wildman–Crippen LogP) is 1.73. The van der Waals surface area contributed by atoms with Crippen LogP contribution in [0.15, 0.2) is 24.3 Å². The van der Waals surface area contributed by atoms with E-state index in [4.69, 9.17) is 10.5 Å². The molecule has 1 unspecified atom stereocenters. The summed E-state index contributed by atoms with van der Waals surface area (Å²) in [6.07, 6.45) is 1.01. The molecule has 1 aromatic heterocycles. The first-order valence-corrected chi connectivity index (χ1v) is 7.10. The fourth-order valence-electron chi connectivity index (χ4n) is 2.73. The van der Waals surface area contributed by atoms with Gasteiger partial charge in [-0.15, -0.1) is 0 Å². The molecule has 5 heteroatoms. The van der Waals surface area contributed by atoms with Gasteiger partial charge in [-0.2, -0.15) is 0 Å². The lowest BCUT2D eigenvalue weighted by Crippen LogP contribution is -2.23. The molecule has 0 radical (unpaired) electrons. The molecule has 0 aliphatic carbocycles. The van der Waals surface area contributed by atoms with Crippen LogP contribution in [0.2, 0.25) is 0 Å². The molecule has 1 aliphatic rings. The largest absolute Gasteiger partial charge is 0.486 e. The lowest BCUT2D eigenvalue weighted by molar-refractivity contribution is 0.0993. The molecule has 110 valence electrons. The summed E-state index contributed by atoms with van der Waals surface area (Å²) >= 11 is 0. The number of likely N-dealkylation sites (N-methyl/N-ethyl adjacent to an activating group) is 1. The monoisotopic (exact) mass is 285 g/mol. The van der Waals surface area contributed by atoms with E-state index >= 15 is 0 Å². The first-order valence-electron chi connectivity index (χ1n) is 7.10. The third kappa shape index (κ3) is 2.69. The zero-order valence-corrected chi connectivity index (χ0v) is 12.3. The van der Waals surface area contributed by atoms with Crippen molar-refractivity contribution < 1.29 is 9.53 Å². The molecule has 1 fully saturated rings. The van der Waals surface area contributed by atoms with Gasteiger partial charge < -0.3 is 15.4 Å². The second-order valence-corrected chi connectivity index (χ2v) is 5.62. The standard InChI is InChI=1S/C16H19N3O2/c1-10-3-4-11-5-6-13(16(17)20)15(14(11)18-10)21-12-7-8-19(2)9-12/h3-6,12H,7-9H2,1-2H3,(H2,17,20). The highest BCUT2D eigenvalue weighted by molar-refractivity contribution is 6.01. The molecule has 1 amide bonds. The van der Waals surface area contributed by atoms with Gasteiger partial charge in [-0.05, 0) is 32.5 Å². The molecule has 21 heavy (non-hydrogen) atoms. The molecule has 0 saturated carbocycles. The Balaban J connectivity index is 2.09. The van der Waals surface area contributed by atoms with Gasteiger partial charge in [0.05, 0.1) is 5.56 Å². The molecule has 2 heterocycles. The first kappa shape index (κ1) is 13.8. The maximum absolute atomic E-state index is 11.7. The van der Waals surface area contributed by atoms with Gasteiger partial charge in [0.15, 0.2) is 5.75 Å². The van der Waals surface area contributed by atoms with Gasteiger partial charge in [0.1, 0.15) is 11.6 Å². The number of carbonyl (C=O) groups excluding carboxylic acids is 1. The first-order chi connectivity index (χ1) is 10.0. The maximum atomic E-state index is 11.7. The number of carbonyl (C=O) groups is 1. The number of ether oxygens (including phenoxy) is 1. The summed E-state index contributed by atoms with van der Waals surface area (Å²) in [5, 5.41) is 0.951. The van der Waals surface area contributed by atoms with Crippen LogP contribution >= 0.6 is 0 Å². The summed E-state index contributed by atoms with van der Waals surface area (Å²) in [7, 11) is 2.06. The van der Waals surface area contributed by atoms with Crippen molar-refractivity contribution in [3.63, 3.8) is 0 Å². The Morgan fingerprint density at radius 1 is 1.38 bits per heavy atom. The van der Waals surface area contributed by atoms with E-state index in [9.17, 15) is 4.79 Å². The number of rotatable bonds is 3. The van der Waals surface area contributed by atoms with Crippen LogP contribution in [-0.2, 0) is 0 Å². The molecule has 1 aromatic carbocycles. The van der Waals surface area contributed by atoms with Crippen molar-refractivity contribution >= 4 is 16.8 Å². The van der Waals surface area contributed by atoms with Crippen LogP contribution in [0.5, 0.6) is 5.75 Å². The summed E-state index contributed by atoms with van der Waals surface area (Å²) in [5.41, 5.74) is 7.48. The van der Waals surface area contributed by atoms with Crippen LogP contribution in [-0.4, -0.2) is 42.0 Å². The van der Waals surface area contributed by atoms with Gasteiger partial charge in [0, 0.05) is 24.2 Å². The Bertz CT molecular complexity index is 699. The summed E-state index contributed by atoms with van der Waals surface area (Å²) in [6.45, 7) is 3.76. The predicted molar refractivity (Wildman–Crippen MR) is 81.5 cm³/mol. The van der Waals surface area contributed by atoms with Gasteiger partial charge in [-0.3, -0.25) is 4.79 Å². The molecular weight excluding hydrogens is 266 g/mol. The van der Waals surface area contributed by atoms with Crippen molar-refractivity contribution in [2.45, 2.75) is 19.4 Å². The van der Waals surface area contributed by atoms with E-state index in [1.54, 1.807) is 6.07 Å². The zero-order valence-electron chi connectivity index (χ0n) is 12.3. The average molecular weight is 285 g/mol. The SMILES string of the molecule is Cc1ccc2ccc(C(N)=O)c(OC3CCN(C)C3)c2n1. The summed E-state index contributed by atoms with van der Waals surface area (Å²) in [4.78, 5) is 18.4. The van der Waals surface area contributed by atoms with Gasteiger partial charge in [0.25, 0.3) is 5.91 Å². The number of nitrogens with two attached hydrogens (primary N) is 1. The number of fused-ring (bicyclic) bond motifs is 1. The van der Waals surface area contributed by atoms with Crippen LogP contribution in [0, 0.1) is 6.92 Å². The van der Waals surface area contributed by atoms with E-state index in [0.29, 0.717) is 16.8 Å². The fraction of sp³-hybridized carbons (Fsp3) is 0.375. The fourth-order valence-corrected chi connectivity index (χ4v) is 2.73. The van der Waals surface area contributed by atoms with Crippen molar-refractivity contribution in [1.29, 1.82) is 0 Å². The minimum absolute atomic E-state index is 0.0704. The number of primary amides is 1. The van der Waals surface area contributed by atoms with E-state index in [-0.39, 0.29) is 6.10 Å². The molecule has 3 rings (SSSR count). The Morgan fingerprint density at radius 3 is 2.81 bits per heavy atom. The van der Waals surface area contributed by atoms with Crippen molar-refractivity contribution in [3.8, 4) is 5.75 Å². The van der Waals surface area contributed by atoms with Crippen LogP contribution in [0.4, 0.5) is 0 Å². The van der Waals surface area contributed by atoms with E-state index in [2.05, 4.69) is 16.9 Å². The molecule has 0 spiro atoms. The summed E-state index contributed by atoms with van der Waals surface area (Å²) in [6, 6.07) is 7.50. The van der Waals surface area contributed by atoms with Gasteiger partial charge in [0.2, 0.25) is 0 Å². The van der Waals surface area contributed by atoms with E-state index in [1.807, 2.05) is 25.1 Å². The van der Waals surface area contributed by atoms with Gasteiger partial charge in [-0.25, -0.2) is 4.98 Å². The normalized spacial score (nSPS) is 19.0. The number of aromatic nitrogens is 1. The number of aryl methyl sites for hydroxylation is 1. The van der Waals surface area contributed by atoms with E-state index in [0.717, 1.165) is 30.6 Å². The molecule has 0 bridgehead atoms. The molecule has 1 saturated heterocycles. The van der Waals surface area contributed by atoms with Crippen LogP contribution in [0.1, 0.15) is 22.5 Å². The Hall–Kier alpha value is -2.14. The average Bonchev–Trinajstić information content (AvgIpc) is 2.84. The molecular formula is C16H19N3O2. The third-order valence-corrected chi connectivity index (χ3v) is 3.85. The number of pyridine rings is 1. The highest BCUT2D eigenvalue weighted by Gasteiger charge is 2.24. The molecule has 1 atom stereocenters. The lowest BCUT2D eigenvalue weighted by atomic mass is 10.1. The summed E-state index contributed by atoms with van der Waals surface area (Å²) in [5.74, 6) is 0.0329. The number of hydrogen-bond acceptors (Lipinski definition) is 4. The zero-order chi connectivity index (χ0) is 15.0. The Morgan fingerprint density at radius 2 is 2.14 bits per heavy atom. The van der Waals surface area contributed by atoms with Gasteiger partial charge >= 0.3 is 0 Å². The van der Waals surface area contributed by atoms with Crippen molar-refractivity contribution in [2.24, 2.45) is 5.73 Å². The molecule has 1 aliphatic heterocycles. The van der Waals surface area contributed by atoms with Crippen LogP contribution in [0.25, 0.3) is 10.9 Å².